The molecule has 0 atom stereocenters. The van der Waals surface area contributed by atoms with Gasteiger partial charge in [0.15, 0.2) is 0 Å². The SMILES string of the molecule is COc1cccc(OCc2nc(CCl)cs2)c1. The third-order valence-corrected chi connectivity index (χ3v) is 3.28. The molecule has 0 saturated carbocycles. The van der Waals surface area contributed by atoms with Crippen molar-refractivity contribution in [1.82, 2.24) is 4.98 Å². The van der Waals surface area contributed by atoms with Gasteiger partial charge < -0.3 is 9.47 Å². The van der Waals surface area contributed by atoms with Gasteiger partial charge in [0.2, 0.25) is 0 Å². The number of benzene rings is 1. The third kappa shape index (κ3) is 3.35. The van der Waals surface area contributed by atoms with E-state index in [0.717, 1.165) is 22.2 Å². The van der Waals surface area contributed by atoms with Crippen LogP contribution >= 0.6 is 22.9 Å². The number of alkyl halides is 1. The fourth-order valence-corrected chi connectivity index (χ4v) is 2.25. The predicted molar refractivity (Wildman–Crippen MR) is 69.0 cm³/mol. The van der Waals surface area contributed by atoms with E-state index in [-0.39, 0.29) is 0 Å². The third-order valence-electron chi connectivity index (χ3n) is 2.14. The largest absolute Gasteiger partial charge is 0.497 e. The van der Waals surface area contributed by atoms with E-state index in [1.807, 2.05) is 29.6 Å². The zero-order valence-corrected chi connectivity index (χ0v) is 10.9. The van der Waals surface area contributed by atoms with Crippen LogP contribution in [0.25, 0.3) is 0 Å². The number of thiazole rings is 1. The number of halogens is 1. The van der Waals surface area contributed by atoms with Crippen molar-refractivity contribution in [3.05, 3.63) is 40.3 Å². The summed E-state index contributed by atoms with van der Waals surface area (Å²) in [6, 6.07) is 7.50. The van der Waals surface area contributed by atoms with E-state index < -0.39 is 0 Å². The number of aromatic nitrogens is 1. The number of hydrogen-bond acceptors (Lipinski definition) is 4. The monoisotopic (exact) mass is 269 g/mol. The summed E-state index contributed by atoms with van der Waals surface area (Å²) >= 11 is 7.24. The molecule has 0 saturated heterocycles. The first-order chi connectivity index (χ1) is 8.31. The van der Waals surface area contributed by atoms with Crippen LogP contribution in [0, 0.1) is 0 Å². The number of ether oxygens (including phenoxy) is 2. The summed E-state index contributed by atoms with van der Waals surface area (Å²) in [5.41, 5.74) is 0.890. The van der Waals surface area contributed by atoms with E-state index in [4.69, 9.17) is 21.1 Å². The van der Waals surface area contributed by atoms with Gasteiger partial charge in [0.05, 0.1) is 18.7 Å². The molecule has 0 N–H and O–H groups in total. The minimum absolute atomic E-state index is 0.440. The van der Waals surface area contributed by atoms with E-state index in [9.17, 15) is 0 Å². The van der Waals surface area contributed by atoms with Crippen molar-refractivity contribution in [2.75, 3.05) is 7.11 Å². The first kappa shape index (κ1) is 12.2. The lowest BCUT2D eigenvalue weighted by atomic mass is 10.3. The molecule has 3 nitrogen and oxygen atoms in total. The average Bonchev–Trinajstić information content (AvgIpc) is 2.84. The summed E-state index contributed by atoms with van der Waals surface area (Å²) in [5.74, 6) is 1.99. The summed E-state index contributed by atoms with van der Waals surface area (Å²) in [7, 11) is 1.63. The molecule has 0 aliphatic rings. The fraction of sp³-hybridized carbons (Fsp3) is 0.250. The molecule has 0 aliphatic carbocycles. The second-order valence-electron chi connectivity index (χ2n) is 3.33. The highest BCUT2D eigenvalue weighted by molar-refractivity contribution is 7.09. The quantitative estimate of drug-likeness (QED) is 0.779. The lowest BCUT2D eigenvalue weighted by Crippen LogP contribution is -1.95. The first-order valence-electron chi connectivity index (χ1n) is 5.08. The molecule has 0 unspecified atom stereocenters. The van der Waals surface area contributed by atoms with Gasteiger partial charge in [0.25, 0.3) is 0 Å². The molecule has 0 fully saturated rings. The molecule has 1 heterocycles. The molecule has 90 valence electrons. The molecule has 0 radical (unpaired) electrons. The molecule has 17 heavy (non-hydrogen) atoms. The Labute approximate surface area is 109 Å². The maximum Gasteiger partial charge on any atom is 0.140 e. The molecular weight excluding hydrogens is 258 g/mol. The van der Waals surface area contributed by atoms with Crippen molar-refractivity contribution in [2.45, 2.75) is 12.5 Å². The zero-order valence-electron chi connectivity index (χ0n) is 9.35. The highest BCUT2D eigenvalue weighted by atomic mass is 35.5. The van der Waals surface area contributed by atoms with Gasteiger partial charge in [0, 0.05) is 11.4 Å². The Hall–Kier alpha value is -1.26. The lowest BCUT2D eigenvalue weighted by Gasteiger charge is -2.05. The van der Waals surface area contributed by atoms with Crippen LogP contribution in [0.2, 0.25) is 0 Å². The summed E-state index contributed by atoms with van der Waals surface area (Å²) in [5, 5.41) is 2.86. The smallest absolute Gasteiger partial charge is 0.140 e. The summed E-state index contributed by atoms with van der Waals surface area (Å²) in [4.78, 5) is 4.32. The normalized spacial score (nSPS) is 10.2. The van der Waals surface area contributed by atoms with Crippen LogP contribution in [0.5, 0.6) is 11.5 Å². The van der Waals surface area contributed by atoms with Gasteiger partial charge in [-0.15, -0.1) is 22.9 Å². The van der Waals surface area contributed by atoms with Gasteiger partial charge in [-0.3, -0.25) is 0 Å². The maximum absolute atomic E-state index is 5.68. The Morgan fingerprint density at radius 3 is 2.88 bits per heavy atom. The van der Waals surface area contributed by atoms with Gasteiger partial charge in [-0.2, -0.15) is 0 Å². The van der Waals surface area contributed by atoms with Gasteiger partial charge >= 0.3 is 0 Å². The van der Waals surface area contributed by atoms with E-state index in [2.05, 4.69) is 4.98 Å². The van der Waals surface area contributed by atoms with E-state index in [1.54, 1.807) is 18.4 Å². The first-order valence-corrected chi connectivity index (χ1v) is 6.49. The van der Waals surface area contributed by atoms with E-state index in [0.29, 0.717) is 12.5 Å². The van der Waals surface area contributed by atoms with Crippen LogP contribution in [0.3, 0.4) is 0 Å². The number of rotatable bonds is 5. The second-order valence-corrected chi connectivity index (χ2v) is 4.54. The van der Waals surface area contributed by atoms with Crippen LogP contribution < -0.4 is 9.47 Å². The van der Waals surface area contributed by atoms with Crippen LogP contribution in [-0.4, -0.2) is 12.1 Å². The molecule has 1 aromatic heterocycles. The van der Waals surface area contributed by atoms with Crippen molar-refractivity contribution in [3.63, 3.8) is 0 Å². The summed E-state index contributed by atoms with van der Waals surface area (Å²) < 4.78 is 10.7. The van der Waals surface area contributed by atoms with Crippen molar-refractivity contribution in [2.24, 2.45) is 0 Å². The van der Waals surface area contributed by atoms with Crippen LogP contribution in [0.1, 0.15) is 10.7 Å². The minimum atomic E-state index is 0.440. The van der Waals surface area contributed by atoms with Crippen LogP contribution in [-0.2, 0) is 12.5 Å². The average molecular weight is 270 g/mol. The van der Waals surface area contributed by atoms with Crippen molar-refractivity contribution < 1.29 is 9.47 Å². The summed E-state index contributed by atoms with van der Waals surface area (Å²) in [6.07, 6.45) is 0. The molecule has 2 aromatic rings. The molecule has 1 aromatic carbocycles. The molecule has 2 rings (SSSR count). The van der Waals surface area contributed by atoms with Crippen LogP contribution in [0.15, 0.2) is 29.6 Å². The Morgan fingerprint density at radius 1 is 1.35 bits per heavy atom. The Bertz CT molecular complexity index is 487. The lowest BCUT2D eigenvalue weighted by molar-refractivity contribution is 0.303. The molecule has 0 aliphatic heterocycles. The molecule has 5 heteroatoms. The van der Waals surface area contributed by atoms with Gasteiger partial charge in [-0.05, 0) is 12.1 Å². The number of nitrogens with zero attached hydrogens (tertiary/aromatic N) is 1. The Morgan fingerprint density at radius 2 is 2.18 bits per heavy atom. The van der Waals surface area contributed by atoms with E-state index in [1.165, 1.54) is 0 Å². The molecule has 0 bridgehead atoms. The predicted octanol–water partition coefficient (Wildman–Crippen LogP) is 3.47. The van der Waals surface area contributed by atoms with Crippen molar-refractivity contribution in [1.29, 1.82) is 0 Å². The van der Waals surface area contributed by atoms with Crippen LogP contribution in [0.4, 0.5) is 0 Å². The van der Waals surface area contributed by atoms with E-state index >= 15 is 0 Å². The topological polar surface area (TPSA) is 31.4 Å². The van der Waals surface area contributed by atoms with Gasteiger partial charge in [-0.25, -0.2) is 4.98 Å². The Balaban J connectivity index is 1.96. The second kappa shape index (κ2) is 5.89. The molecule has 0 amide bonds. The number of methoxy groups -OCH3 is 1. The Kier molecular flexibility index (Phi) is 4.23. The highest BCUT2D eigenvalue weighted by Gasteiger charge is 2.02. The molecule has 0 spiro atoms. The van der Waals surface area contributed by atoms with Gasteiger partial charge in [0.1, 0.15) is 23.1 Å². The zero-order chi connectivity index (χ0) is 12.1. The fourth-order valence-electron chi connectivity index (χ4n) is 1.31. The standard InChI is InChI=1S/C12H12ClNO2S/c1-15-10-3-2-4-11(5-10)16-7-12-14-9(6-13)8-17-12/h2-5,8H,6-7H2,1H3. The van der Waals surface area contributed by atoms with Crippen molar-refractivity contribution in [3.8, 4) is 11.5 Å². The number of hydrogen-bond donors (Lipinski definition) is 0. The minimum Gasteiger partial charge on any atom is -0.497 e. The van der Waals surface area contributed by atoms with Gasteiger partial charge in [-0.1, -0.05) is 6.07 Å². The molecular formula is C12H12ClNO2S. The van der Waals surface area contributed by atoms with Crippen molar-refractivity contribution >= 4 is 22.9 Å². The highest BCUT2D eigenvalue weighted by Crippen LogP contribution is 2.20. The maximum atomic E-state index is 5.68. The summed E-state index contributed by atoms with van der Waals surface area (Å²) in [6.45, 7) is 0.453.